The first-order chi connectivity index (χ1) is 10.6. The maximum Gasteiger partial charge on any atom is 0.355 e. The van der Waals surface area contributed by atoms with E-state index in [-0.39, 0.29) is 5.91 Å². The lowest BCUT2D eigenvalue weighted by Crippen LogP contribution is -2.37. The van der Waals surface area contributed by atoms with Crippen LogP contribution in [0.3, 0.4) is 0 Å². The van der Waals surface area contributed by atoms with Crippen LogP contribution in [0.4, 0.5) is 0 Å². The predicted octanol–water partition coefficient (Wildman–Crippen LogP) is 3.03. The Kier molecular flexibility index (Phi) is 5.77. The normalized spacial score (nSPS) is 11.7. The van der Waals surface area contributed by atoms with Crippen LogP contribution in [-0.2, 0) is 16.1 Å². The lowest BCUT2D eigenvalue weighted by molar-refractivity contribution is -0.130. The lowest BCUT2D eigenvalue weighted by atomic mass is 10.2. The van der Waals surface area contributed by atoms with Crippen LogP contribution in [0, 0.1) is 0 Å². The Bertz CT molecular complexity index is 640. The second-order valence-corrected chi connectivity index (χ2v) is 5.65. The Labute approximate surface area is 137 Å². The number of halogens is 1. The van der Waals surface area contributed by atoms with Gasteiger partial charge >= 0.3 is 5.97 Å². The summed E-state index contributed by atoms with van der Waals surface area (Å²) >= 11 is 3.25. The summed E-state index contributed by atoms with van der Waals surface area (Å²) in [6, 6.07) is 11.2. The van der Waals surface area contributed by atoms with Crippen LogP contribution in [0.1, 0.15) is 29.4 Å². The molecule has 116 valence electrons. The SMILES string of the molecule is CC[C@H](OC(=O)c1cc(Br)c[nH]1)C(=O)NCc1ccccc1. The second-order valence-electron chi connectivity index (χ2n) is 4.74. The van der Waals surface area contributed by atoms with Crippen molar-refractivity contribution in [1.29, 1.82) is 0 Å². The van der Waals surface area contributed by atoms with E-state index in [1.165, 1.54) is 0 Å². The van der Waals surface area contributed by atoms with Gasteiger partial charge in [-0.2, -0.15) is 0 Å². The molecule has 1 heterocycles. The Morgan fingerprint density at radius 2 is 2.05 bits per heavy atom. The van der Waals surface area contributed by atoms with E-state index >= 15 is 0 Å². The van der Waals surface area contributed by atoms with E-state index in [9.17, 15) is 9.59 Å². The van der Waals surface area contributed by atoms with E-state index in [1.54, 1.807) is 19.2 Å². The molecular weight excluding hydrogens is 348 g/mol. The number of amides is 1. The largest absolute Gasteiger partial charge is 0.448 e. The molecule has 5 nitrogen and oxygen atoms in total. The van der Waals surface area contributed by atoms with Crippen molar-refractivity contribution in [2.45, 2.75) is 26.0 Å². The number of carbonyl (C=O) groups is 2. The minimum atomic E-state index is -0.807. The zero-order valence-electron chi connectivity index (χ0n) is 12.1. The molecule has 0 bridgehead atoms. The van der Waals surface area contributed by atoms with Gasteiger partial charge in [0.25, 0.3) is 5.91 Å². The summed E-state index contributed by atoms with van der Waals surface area (Å²) < 4.78 is 6.00. The molecule has 0 spiro atoms. The van der Waals surface area contributed by atoms with Crippen molar-refractivity contribution in [3.8, 4) is 0 Å². The van der Waals surface area contributed by atoms with E-state index in [0.717, 1.165) is 10.0 Å². The summed E-state index contributed by atoms with van der Waals surface area (Å²) in [6.45, 7) is 2.20. The molecule has 0 saturated carbocycles. The van der Waals surface area contributed by atoms with Gasteiger partial charge in [0.1, 0.15) is 5.69 Å². The fourth-order valence-corrected chi connectivity index (χ4v) is 2.24. The minimum Gasteiger partial charge on any atom is -0.448 e. The van der Waals surface area contributed by atoms with Crippen molar-refractivity contribution >= 4 is 27.8 Å². The topological polar surface area (TPSA) is 71.2 Å². The van der Waals surface area contributed by atoms with Gasteiger partial charge in [0.05, 0.1) is 0 Å². The Morgan fingerprint density at radius 3 is 2.64 bits per heavy atom. The highest BCUT2D eigenvalue weighted by molar-refractivity contribution is 9.10. The van der Waals surface area contributed by atoms with E-state index in [0.29, 0.717) is 18.7 Å². The minimum absolute atomic E-state index is 0.301. The number of aromatic amines is 1. The molecule has 0 unspecified atom stereocenters. The number of esters is 1. The second kappa shape index (κ2) is 7.79. The van der Waals surface area contributed by atoms with Gasteiger partial charge in [-0.3, -0.25) is 4.79 Å². The number of benzene rings is 1. The van der Waals surface area contributed by atoms with Crippen molar-refractivity contribution in [3.05, 3.63) is 58.3 Å². The van der Waals surface area contributed by atoms with Crippen molar-refractivity contribution < 1.29 is 14.3 Å². The van der Waals surface area contributed by atoms with Crippen LogP contribution in [0.25, 0.3) is 0 Å². The highest BCUT2D eigenvalue weighted by Crippen LogP contribution is 2.13. The molecule has 1 aromatic heterocycles. The first-order valence-electron chi connectivity index (χ1n) is 6.96. The number of hydrogen-bond donors (Lipinski definition) is 2. The molecule has 1 atom stereocenters. The van der Waals surface area contributed by atoms with Crippen molar-refractivity contribution in [3.63, 3.8) is 0 Å². The average Bonchev–Trinajstić information content (AvgIpc) is 2.97. The Hall–Kier alpha value is -2.08. The molecule has 22 heavy (non-hydrogen) atoms. The predicted molar refractivity (Wildman–Crippen MR) is 86.3 cm³/mol. The lowest BCUT2D eigenvalue weighted by Gasteiger charge is -2.15. The third kappa shape index (κ3) is 4.46. The number of aromatic nitrogens is 1. The average molecular weight is 365 g/mol. The number of hydrogen-bond acceptors (Lipinski definition) is 3. The quantitative estimate of drug-likeness (QED) is 0.773. The van der Waals surface area contributed by atoms with Gasteiger partial charge in [-0.05, 0) is 34.0 Å². The third-order valence-corrected chi connectivity index (χ3v) is 3.55. The summed E-state index contributed by atoms with van der Waals surface area (Å²) in [5.74, 6) is -0.849. The highest BCUT2D eigenvalue weighted by atomic mass is 79.9. The van der Waals surface area contributed by atoms with Gasteiger partial charge < -0.3 is 15.0 Å². The van der Waals surface area contributed by atoms with Gasteiger partial charge in [-0.15, -0.1) is 0 Å². The van der Waals surface area contributed by atoms with Crippen molar-refractivity contribution in [2.24, 2.45) is 0 Å². The third-order valence-electron chi connectivity index (χ3n) is 3.09. The molecule has 0 aliphatic carbocycles. The fourth-order valence-electron chi connectivity index (χ4n) is 1.90. The zero-order valence-corrected chi connectivity index (χ0v) is 13.7. The zero-order chi connectivity index (χ0) is 15.9. The number of carbonyl (C=O) groups excluding carboxylic acids is 2. The Balaban J connectivity index is 1.90. The molecule has 0 aliphatic rings. The molecule has 2 N–H and O–H groups in total. The standard InChI is InChI=1S/C16H17BrN2O3/c1-2-14(22-16(21)13-8-12(17)10-18-13)15(20)19-9-11-6-4-3-5-7-11/h3-8,10,14,18H,2,9H2,1H3,(H,19,20)/t14-/m0/s1. The van der Waals surface area contributed by atoms with Crippen LogP contribution in [0.15, 0.2) is 47.1 Å². The molecule has 2 aromatic rings. The fraction of sp³-hybridized carbons (Fsp3) is 0.250. The van der Waals surface area contributed by atoms with E-state index < -0.39 is 12.1 Å². The summed E-state index contributed by atoms with van der Waals surface area (Å²) in [5, 5.41) is 2.78. The molecule has 0 radical (unpaired) electrons. The molecule has 2 rings (SSSR count). The number of nitrogens with one attached hydrogen (secondary N) is 2. The first-order valence-corrected chi connectivity index (χ1v) is 7.76. The van der Waals surface area contributed by atoms with Crippen LogP contribution in [-0.4, -0.2) is 23.0 Å². The number of rotatable bonds is 6. The Morgan fingerprint density at radius 1 is 1.32 bits per heavy atom. The monoisotopic (exact) mass is 364 g/mol. The summed E-state index contributed by atoms with van der Waals surface area (Å²) in [7, 11) is 0. The number of ether oxygens (including phenoxy) is 1. The smallest absolute Gasteiger partial charge is 0.355 e. The molecule has 0 fully saturated rings. The maximum absolute atomic E-state index is 12.1. The first kappa shape index (κ1) is 16.3. The molecule has 0 saturated heterocycles. The van der Waals surface area contributed by atoms with Crippen LogP contribution < -0.4 is 5.32 Å². The molecule has 6 heteroatoms. The summed E-state index contributed by atoms with van der Waals surface area (Å²) in [6.07, 6.45) is 1.24. The van der Waals surface area contributed by atoms with Crippen molar-refractivity contribution in [1.82, 2.24) is 10.3 Å². The van der Waals surface area contributed by atoms with Crippen LogP contribution in [0.5, 0.6) is 0 Å². The molecular formula is C16H17BrN2O3. The maximum atomic E-state index is 12.1. The van der Waals surface area contributed by atoms with Gasteiger partial charge in [-0.1, -0.05) is 37.3 Å². The van der Waals surface area contributed by atoms with E-state index in [1.807, 2.05) is 30.3 Å². The van der Waals surface area contributed by atoms with Gasteiger partial charge in [-0.25, -0.2) is 4.79 Å². The van der Waals surface area contributed by atoms with Gasteiger partial charge in [0, 0.05) is 17.2 Å². The van der Waals surface area contributed by atoms with E-state index in [2.05, 4.69) is 26.2 Å². The van der Waals surface area contributed by atoms with Gasteiger partial charge in [0.2, 0.25) is 0 Å². The van der Waals surface area contributed by atoms with Crippen LogP contribution >= 0.6 is 15.9 Å². The van der Waals surface area contributed by atoms with Crippen molar-refractivity contribution in [2.75, 3.05) is 0 Å². The molecule has 1 amide bonds. The summed E-state index contributed by atoms with van der Waals surface area (Å²) in [5.41, 5.74) is 1.30. The summed E-state index contributed by atoms with van der Waals surface area (Å²) in [4.78, 5) is 26.8. The molecule has 1 aromatic carbocycles. The van der Waals surface area contributed by atoms with E-state index in [4.69, 9.17) is 4.74 Å². The van der Waals surface area contributed by atoms with Gasteiger partial charge in [0.15, 0.2) is 6.10 Å². The highest BCUT2D eigenvalue weighted by Gasteiger charge is 2.22. The number of H-pyrrole nitrogens is 1. The van der Waals surface area contributed by atoms with Crippen LogP contribution in [0.2, 0.25) is 0 Å². The molecule has 0 aliphatic heterocycles.